The summed E-state index contributed by atoms with van der Waals surface area (Å²) in [7, 11) is 1.71. The van der Waals surface area contributed by atoms with E-state index in [4.69, 9.17) is 5.73 Å². The Morgan fingerprint density at radius 2 is 2.40 bits per heavy atom. The lowest BCUT2D eigenvalue weighted by atomic mass is 10.9. The molecule has 10 heavy (non-hydrogen) atoms. The zero-order chi connectivity index (χ0) is 6.85. The Hall–Kier alpha value is -1.10. The van der Waals surface area contributed by atoms with E-state index in [0.29, 0.717) is 5.95 Å². The molecule has 0 saturated carbocycles. The SMILES string of the molecule is C=Cn1nn[n+](C)c1N.[Cl-]. The molecule has 56 valence electrons. The number of rotatable bonds is 1. The van der Waals surface area contributed by atoms with Crippen molar-refractivity contribution in [3.05, 3.63) is 6.58 Å². The van der Waals surface area contributed by atoms with Gasteiger partial charge in [0.1, 0.15) is 5.21 Å². The van der Waals surface area contributed by atoms with Crippen molar-refractivity contribution in [3.8, 4) is 0 Å². The van der Waals surface area contributed by atoms with Crippen molar-refractivity contribution in [2.75, 3.05) is 5.73 Å². The lowest BCUT2D eigenvalue weighted by molar-refractivity contribution is -0.717. The van der Waals surface area contributed by atoms with E-state index in [0.717, 1.165) is 0 Å². The first-order valence-electron chi connectivity index (χ1n) is 2.45. The van der Waals surface area contributed by atoms with E-state index in [1.54, 1.807) is 7.05 Å². The molecule has 1 rings (SSSR count). The minimum atomic E-state index is 0. The molecule has 0 aliphatic heterocycles. The summed E-state index contributed by atoms with van der Waals surface area (Å²) in [6, 6.07) is 0. The lowest BCUT2D eigenvalue weighted by Crippen LogP contribution is -3.00. The first-order valence-corrected chi connectivity index (χ1v) is 2.45. The molecule has 2 N–H and O–H groups in total. The molecule has 0 unspecified atom stereocenters. The summed E-state index contributed by atoms with van der Waals surface area (Å²) in [4.78, 5) is 0. The number of halogens is 1. The quantitative estimate of drug-likeness (QED) is 0.425. The van der Waals surface area contributed by atoms with E-state index < -0.39 is 0 Å². The highest BCUT2D eigenvalue weighted by Crippen LogP contribution is 1.86. The van der Waals surface area contributed by atoms with Crippen LogP contribution in [0.1, 0.15) is 0 Å². The molecule has 0 spiro atoms. The molecule has 0 bridgehead atoms. The van der Waals surface area contributed by atoms with E-state index in [2.05, 4.69) is 17.0 Å². The van der Waals surface area contributed by atoms with Crippen molar-refractivity contribution in [2.24, 2.45) is 7.05 Å². The largest absolute Gasteiger partial charge is 1.00 e. The highest BCUT2D eigenvalue weighted by atomic mass is 35.5. The third kappa shape index (κ3) is 1.24. The fraction of sp³-hybridized carbons (Fsp3) is 0.250. The van der Waals surface area contributed by atoms with Gasteiger partial charge in [-0.3, -0.25) is 0 Å². The molecule has 1 heterocycles. The minimum absolute atomic E-state index is 0. The van der Waals surface area contributed by atoms with Gasteiger partial charge in [0.15, 0.2) is 0 Å². The van der Waals surface area contributed by atoms with E-state index in [9.17, 15) is 0 Å². The van der Waals surface area contributed by atoms with E-state index in [1.807, 2.05) is 0 Å². The van der Waals surface area contributed by atoms with Crippen molar-refractivity contribution < 1.29 is 17.1 Å². The van der Waals surface area contributed by atoms with Crippen LogP contribution in [0, 0.1) is 0 Å². The van der Waals surface area contributed by atoms with Crippen LogP contribution in [0.3, 0.4) is 0 Å². The van der Waals surface area contributed by atoms with Gasteiger partial charge in [0, 0.05) is 0 Å². The molecule has 0 amide bonds. The number of aryl methyl sites for hydroxylation is 1. The van der Waals surface area contributed by atoms with Crippen LogP contribution >= 0.6 is 0 Å². The molecule has 0 fully saturated rings. The zero-order valence-electron chi connectivity index (χ0n) is 5.53. The van der Waals surface area contributed by atoms with Gasteiger partial charge in [-0.05, 0) is 0 Å². The van der Waals surface area contributed by atoms with Gasteiger partial charge < -0.3 is 18.1 Å². The van der Waals surface area contributed by atoms with E-state index in [1.165, 1.54) is 15.6 Å². The molecule has 5 nitrogen and oxygen atoms in total. The number of nitrogens with zero attached hydrogens (tertiary/aromatic N) is 4. The van der Waals surface area contributed by atoms with Gasteiger partial charge in [-0.25, -0.2) is 0 Å². The Bertz CT molecular complexity index is 230. The Morgan fingerprint density at radius 3 is 2.60 bits per heavy atom. The topological polar surface area (TPSA) is 60.6 Å². The number of aromatic nitrogens is 4. The van der Waals surface area contributed by atoms with Crippen LogP contribution in [0.5, 0.6) is 0 Å². The fourth-order valence-electron chi connectivity index (χ4n) is 0.473. The van der Waals surface area contributed by atoms with Crippen molar-refractivity contribution in [3.63, 3.8) is 0 Å². The second kappa shape index (κ2) is 3.17. The van der Waals surface area contributed by atoms with E-state index >= 15 is 0 Å². The molecule has 0 aliphatic rings. The summed E-state index contributed by atoms with van der Waals surface area (Å²) in [5.74, 6) is 0.463. The Balaban J connectivity index is 0.000000810. The van der Waals surface area contributed by atoms with Gasteiger partial charge in [0.05, 0.1) is 18.5 Å². The van der Waals surface area contributed by atoms with Crippen LogP contribution in [-0.2, 0) is 7.05 Å². The van der Waals surface area contributed by atoms with Crippen molar-refractivity contribution in [1.29, 1.82) is 0 Å². The van der Waals surface area contributed by atoms with Crippen LogP contribution in [0.15, 0.2) is 6.58 Å². The highest BCUT2D eigenvalue weighted by molar-refractivity contribution is 5.22. The number of anilines is 1. The highest BCUT2D eigenvalue weighted by Gasteiger charge is 2.07. The van der Waals surface area contributed by atoms with Gasteiger partial charge in [-0.1, -0.05) is 11.3 Å². The fourth-order valence-corrected chi connectivity index (χ4v) is 0.473. The number of nitrogen functional groups attached to an aromatic ring is 1. The molecule has 0 aliphatic carbocycles. The summed E-state index contributed by atoms with van der Waals surface area (Å²) in [5.41, 5.74) is 5.44. The summed E-state index contributed by atoms with van der Waals surface area (Å²) in [5, 5.41) is 7.24. The molecule has 6 heteroatoms. The summed E-state index contributed by atoms with van der Waals surface area (Å²) in [6.07, 6.45) is 1.49. The lowest BCUT2D eigenvalue weighted by Gasteiger charge is -1.81. The minimum Gasteiger partial charge on any atom is -1.00 e. The maximum atomic E-state index is 5.44. The summed E-state index contributed by atoms with van der Waals surface area (Å²) in [6.45, 7) is 3.47. The van der Waals surface area contributed by atoms with Crippen molar-refractivity contribution >= 4 is 12.1 Å². The molecule has 1 aromatic heterocycles. The van der Waals surface area contributed by atoms with Crippen LogP contribution in [0.4, 0.5) is 5.95 Å². The first-order chi connectivity index (χ1) is 4.25. The van der Waals surface area contributed by atoms with Gasteiger partial charge >= 0.3 is 5.95 Å². The Morgan fingerprint density at radius 1 is 1.80 bits per heavy atom. The summed E-state index contributed by atoms with van der Waals surface area (Å²) >= 11 is 0. The van der Waals surface area contributed by atoms with Crippen molar-refractivity contribution in [1.82, 2.24) is 15.1 Å². The molecular formula is C4H8ClN5. The van der Waals surface area contributed by atoms with Crippen LogP contribution in [-0.4, -0.2) is 15.1 Å². The van der Waals surface area contributed by atoms with Crippen molar-refractivity contribution in [2.45, 2.75) is 0 Å². The monoisotopic (exact) mass is 161 g/mol. The van der Waals surface area contributed by atoms with Gasteiger partial charge in [-0.2, -0.15) is 0 Å². The number of hydrogen-bond donors (Lipinski definition) is 1. The van der Waals surface area contributed by atoms with E-state index in [-0.39, 0.29) is 12.4 Å². The second-order valence-corrected chi connectivity index (χ2v) is 1.59. The standard InChI is InChI=1S/C4H7N5.ClH/c1-3-9-4(5)8(2)6-7-9;/h3,5H,1H2,2H3;1H. The predicted molar refractivity (Wildman–Crippen MR) is 32.0 cm³/mol. The first kappa shape index (κ1) is 8.90. The maximum Gasteiger partial charge on any atom is 0.366 e. The molecule has 0 saturated heterocycles. The maximum absolute atomic E-state index is 5.44. The predicted octanol–water partition coefficient (Wildman–Crippen LogP) is -4.21. The van der Waals surface area contributed by atoms with Crippen LogP contribution < -0.4 is 22.8 Å². The number of nitrogens with two attached hydrogens (primary N) is 1. The van der Waals surface area contributed by atoms with Gasteiger partial charge in [0.2, 0.25) is 0 Å². The Kier molecular flexibility index (Phi) is 2.82. The third-order valence-electron chi connectivity index (χ3n) is 1.01. The average molecular weight is 162 g/mol. The third-order valence-corrected chi connectivity index (χ3v) is 1.01. The second-order valence-electron chi connectivity index (χ2n) is 1.59. The van der Waals surface area contributed by atoms with Gasteiger partial charge in [-0.15, -0.1) is 4.68 Å². The van der Waals surface area contributed by atoms with Crippen LogP contribution in [0.25, 0.3) is 6.20 Å². The Labute approximate surface area is 64.5 Å². The summed E-state index contributed by atoms with van der Waals surface area (Å²) < 4.78 is 2.85. The molecule has 0 radical (unpaired) electrons. The molecule has 1 aromatic rings. The zero-order valence-corrected chi connectivity index (χ0v) is 6.28. The molecule has 0 aromatic carbocycles. The van der Waals surface area contributed by atoms with Gasteiger partial charge in [0.25, 0.3) is 0 Å². The normalized spacial score (nSPS) is 8.50. The molecule has 0 atom stereocenters. The smallest absolute Gasteiger partial charge is 0.366 e. The number of hydrogen-bond acceptors (Lipinski definition) is 3. The molecular weight excluding hydrogens is 154 g/mol. The number of tetrazole rings is 1. The van der Waals surface area contributed by atoms with Crippen LogP contribution in [0.2, 0.25) is 0 Å². The average Bonchev–Trinajstić information content (AvgIpc) is 2.15.